The number of hydrogen-bond acceptors (Lipinski definition) is 4. The van der Waals surface area contributed by atoms with E-state index < -0.39 is 17.6 Å². The normalized spacial score (nSPS) is 11.2. The molecule has 0 unspecified atom stereocenters. The fourth-order valence-electron chi connectivity index (χ4n) is 2.98. The van der Waals surface area contributed by atoms with E-state index in [1.807, 2.05) is 18.2 Å². The number of benzene rings is 2. The van der Waals surface area contributed by atoms with Crippen LogP contribution >= 0.6 is 11.6 Å². The van der Waals surface area contributed by atoms with Gasteiger partial charge in [0.25, 0.3) is 5.91 Å². The first-order chi connectivity index (χ1) is 15.8. The van der Waals surface area contributed by atoms with Crippen molar-refractivity contribution in [2.75, 3.05) is 5.43 Å². The summed E-state index contributed by atoms with van der Waals surface area (Å²) in [5.41, 5.74) is 4.98. The number of hydrazine groups is 1. The Bertz CT molecular complexity index is 1280. The van der Waals surface area contributed by atoms with Crippen LogP contribution in [0.15, 0.2) is 85.2 Å². The standard InChI is InChI=1S/C23H16ClF3N4O2/c24-17-13-15(23(25,26)27)14-28-21(17)31-12-6-10-19(31)22(32)30-29-18-9-4-5-11-20(18)33-16-7-2-1-3-8-16/h1-14,29H,(H,30,32). The quantitative estimate of drug-likeness (QED) is 0.333. The zero-order valence-corrected chi connectivity index (χ0v) is 17.6. The molecule has 33 heavy (non-hydrogen) atoms. The Hall–Kier alpha value is -3.98. The van der Waals surface area contributed by atoms with Gasteiger partial charge in [-0.1, -0.05) is 41.9 Å². The Morgan fingerprint density at radius 2 is 1.73 bits per heavy atom. The number of nitrogens with one attached hydrogen (secondary N) is 2. The Morgan fingerprint density at radius 1 is 1.00 bits per heavy atom. The van der Waals surface area contributed by atoms with Crippen LogP contribution in [0.5, 0.6) is 11.5 Å². The summed E-state index contributed by atoms with van der Waals surface area (Å²) in [7, 11) is 0. The molecular weight excluding hydrogens is 457 g/mol. The number of aromatic nitrogens is 2. The summed E-state index contributed by atoms with van der Waals surface area (Å²) in [5, 5.41) is -0.246. The first kappa shape index (κ1) is 22.2. The highest BCUT2D eigenvalue weighted by Gasteiger charge is 2.32. The molecule has 2 heterocycles. The number of carbonyl (C=O) groups excluding carboxylic acids is 1. The zero-order chi connectivity index (χ0) is 23.4. The number of halogens is 4. The highest BCUT2D eigenvalue weighted by molar-refractivity contribution is 6.32. The number of nitrogens with zero attached hydrogens (tertiary/aromatic N) is 2. The second-order valence-electron chi connectivity index (χ2n) is 6.78. The number of ether oxygens (including phenoxy) is 1. The fraction of sp³-hybridized carbons (Fsp3) is 0.0435. The van der Waals surface area contributed by atoms with Gasteiger partial charge in [-0.25, -0.2) is 4.98 Å². The number of pyridine rings is 1. The second-order valence-corrected chi connectivity index (χ2v) is 7.19. The summed E-state index contributed by atoms with van der Waals surface area (Å²) < 4.78 is 45.8. The van der Waals surface area contributed by atoms with Crippen LogP contribution in [0.3, 0.4) is 0 Å². The van der Waals surface area contributed by atoms with E-state index in [2.05, 4.69) is 15.8 Å². The van der Waals surface area contributed by atoms with Gasteiger partial charge in [-0.3, -0.25) is 20.2 Å². The summed E-state index contributed by atoms with van der Waals surface area (Å²) in [6, 6.07) is 19.9. The average Bonchev–Trinajstić information content (AvgIpc) is 3.28. The van der Waals surface area contributed by atoms with E-state index in [-0.39, 0.29) is 16.5 Å². The molecule has 2 N–H and O–H groups in total. The molecule has 0 saturated carbocycles. The SMILES string of the molecule is O=C(NNc1ccccc1Oc1ccccc1)c1cccn1-c1ncc(C(F)(F)F)cc1Cl. The Kier molecular flexibility index (Phi) is 6.23. The lowest BCUT2D eigenvalue weighted by molar-refractivity contribution is -0.137. The predicted molar refractivity (Wildman–Crippen MR) is 118 cm³/mol. The minimum atomic E-state index is -4.58. The molecule has 0 aliphatic heterocycles. The van der Waals surface area contributed by atoms with Gasteiger partial charge in [0.15, 0.2) is 11.6 Å². The van der Waals surface area contributed by atoms with Gasteiger partial charge >= 0.3 is 6.18 Å². The molecule has 0 bridgehead atoms. The van der Waals surface area contributed by atoms with Gasteiger partial charge in [0.05, 0.1) is 16.3 Å². The van der Waals surface area contributed by atoms with Crippen molar-refractivity contribution in [1.82, 2.24) is 15.0 Å². The number of anilines is 1. The molecule has 10 heteroatoms. The highest BCUT2D eigenvalue weighted by atomic mass is 35.5. The lowest BCUT2D eigenvalue weighted by atomic mass is 10.2. The molecule has 0 fully saturated rings. The van der Waals surface area contributed by atoms with Gasteiger partial charge in [-0.15, -0.1) is 0 Å². The van der Waals surface area contributed by atoms with E-state index in [0.717, 1.165) is 6.07 Å². The van der Waals surface area contributed by atoms with Crippen LogP contribution in [-0.4, -0.2) is 15.5 Å². The molecule has 1 amide bonds. The van der Waals surface area contributed by atoms with E-state index in [1.165, 1.54) is 16.8 Å². The molecule has 0 aliphatic carbocycles. The minimum Gasteiger partial charge on any atom is -0.455 e. The van der Waals surface area contributed by atoms with Crippen molar-refractivity contribution < 1.29 is 22.7 Å². The maximum Gasteiger partial charge on any atom is 0.417 e. The number of hydrogen-bond donors (Lipinski definition) is 2. The summed E-state index contributed by atoms with van der Waals surface area (Å²) in [5.74, 6) is 0.529. The molecular formula is C23H16ClF3N4O2. The van der Waals surface area contributed by atoms with Crippen molar-refractivity contribution in [3.8, 4) is 17.3 Å². The van der Waals surface area contributed by atoms with Crippen molar-refractivity contribution in [3.05, 3.63) is 101 Å². The number of para-hydroxylation sites is 3. The summed E-state index contributed by atoms with van der Waals surface area (Å²) >= 11 is 6.03. The summed E-state index contributed by atoms with van der Waals surface area (Å²) in [6.45, 7) is 0. The molecule has 0 aliphatic rings. The predicted octanol–water partition coefficient (Wildman–Crippen LogP) is 6.09. The maximum absolute atomic E-state index is 12.9. The molecule has 6 nitrogen and oxygen atoms in total. The number of alkyl halides is 3. The number of rotatable bonds is 6. The topological polar surface area (TPSA) is 68.2 Å². The molecule has 4 aromatic rings. The summed E-state index contributed by atoms with van der Waals surface area (Å²) in [4.78, 5) is 16.6. The lowest BCUT2D eigenvalue weighted by Crippen LogP contribution is -2.31. The van der Waals surface area contributed by atoms with Crippen LogP contribution < -0.4 is 15.6 Å². The second kappa shape index (κ2) is 9.25. The summed E-state index contributed by atoms with van der Waals surface area (Å²) in [6.07, 6.45) is -2.44. The van der Waals surface area contributed by atoms with Crippen LogP contribution in [0.1, 0.15) is 16.1 Å². The highest BCUT2D eigenvalue weighted by Crippen LogP contribution is 2.32. The van der Waals surface area contributed by atoms with Crippen LogP contribution in [-0.2, 0) is 6.18 Å². The monoisotopic (exact) mass is 472 g/mol. The first-order valence-electron chi connectivity index (χ1n) is 9.61. The van der Waals surface area contributed by atoms with Gasteiger partial charge in [0, 0.05) is 12.4 Å². The lowest BCUT2D eigenvalue weighted by Gasteiger charge is -2.15. The van der Waals surface area contributed by atoms with Crippen molar-refractivity contribution >= 4 is 23.2 Å². The Labute approximate surface area is 191 Å². The molecule has 2 aromatic carbocycles. The third kappa shape index (κ3) is 5.09. The van der Waals surface area contributed by atoms with Crippen molar-refractivity contribution in [3.63, 3.8) is 0 Å². The third-order valence-electron chi connectivity index (χ3n) is 4.53. The smallest absolute Gasteiger partial charge is 0.417 e. The van der Waals surface area contributed by atoms with Crippen LogP contribution in [0.4, 0.5) is 18.9 Å². The molecule has 0 atom stereocenters. The molecule has 2 aromatic heterocycles. The van der Waals surface area contributed by atoms with Crippen molar-refractivity contribution in [2.24, 2.45) is 0 Å². The van der Waals surface area contributed by atoms with Crippen molar-refractivity contribution in [1.29, 1.82) is 0 Å². The third-order valence-corrected chi connectivity index (χ3v) is 4.81. The van der Waals surface area contributed by atoms with Crippen molar-refractivity contribution in [2.45, 2.75) is 6.18 Å². The van der Waals surface area contributed by atoms with Gasteiger partial charge < -0.3 is 4.74 Å². The van der Waals surface area contributed by atoms with E-state index in [0.29, 0.717) is 23.4 Å². The molecule has 4 rings (SSSR count). The largest absolute Gasteiger partial charge is 0.455 e. The number of carbonyl (C=O) groups is 1. The Balaban J connectivity index is 1.52. The Morgan fingerprint density at radius 3 is 2.45 bits per heavy atom. The van der Waals surface area contributed by atoms with Crippen LogP contribution in [0.2, 0.25) is 5.02 Å². The maximum atomic E-state index is 12.9. The minimum absolute atomic E-state index is 0.00683. The van der Waals surface area contributed by atoms with Gasteiger partial charge in [0.2, 0.25) is 0 Å². The van der Waals surface area contributed by atoms with E-state index in [4.69, 9.17) is 16.3 Å². The zero-order valence-electron chi connectivity index (χ0n) is 16.8. The molecule has 0 spiro atoms. The fourth-order valence-corrected chi connectivity index (χ4v) is 3.23. The van der Waals surface area contributed by atoms with Gasteiger partial charge in [-0.2, -0.15) is 13.2 Å². The van der Waals surface area contributed by atoms with E-state index in [9.17, 15) is 18.0 Å². The number of amides is 1. The average molecular weight is 473 g/mol. The molecule has 168 valence electrons. The van der Waals surface area contributed by atoms with Gasteiger partial charge in [0.1, 0.15) is 11.4 Å². The van der Waals surface area contributed by atoms with Gasteiger partial charge in [-0.05, 0) is 42.5 Å². The van der Waals surface area contributed by atoms with Crippen LogP contribution in [0.25, 0.3) is 5.82 Å². The van der Waals surface area contributed by atoms with E-state index in [1.54, 1.807) is 42.5 Å². The van der Waals surface area contributed by atoms with Crippen LogP contribution in [0, 0.1) is 0 Å². The van der Waals surface area contributed by atoms with E-state index >= 15 is 0 Å². The first-order valence-corrected chi connectivity index (χ1v) is 9.99. The molecule has 0 saturated heterocycles. The molecule has 0 radical (unpaired) electrons.